The van der Waals surface area contributed by atoms with Crippen LogP contribution in [0.2, 0.25) is 0 Å². The summed E-state index contributed by atoms with van der Waals surface area (Å²) in [4.78, 5) is 25.3. The molecular weight excluding hydrogens is 240 g/mol. The van der Waals surface area contributed by atoms with Crippen LogP contribution in [0.5, 0.6) is 0 Å². The number of ether oxygens (including phenoxy) is 1. The lowest BCUT2D eigenvalue weighted by atomic mass is 10.1. The molecule has 0 radical (unpaired) electrons. The lowest BCUT2D eigenvalue weighted by Crippen LogP contribution is -2.23. The average molecular weight is 256 g/mol. The Labute approximate surface area is 104 Å². The van der Waals surface area contributed by atoms with Gasteiger partial charge >= 0.3 is 5.97 Å². The Kier molecular flexibility index (Phi) is 4.11. The molecule has 0 fully saturated rings. The zero-order valence-electron chi connectivity index (χ0n) is 10.4. The third-order valence-electron chi connectivity index (χ3n) is 2.25. The van der Waals surface area contributed by atoms with Crippen molar-refractivity contribution in [1.29, 1.82) is 0 Å². The molecule has 1 amide bonds. The Morgan fingerprint density at radius 2 is 2.00 bits per heavy atom. The second kappa shape index (κ2) is 5.18. The molecule has 5 nitrogen and oxygen atoms in total. The van der Waals surface area contributed by atoms with E-state index in [1.807, 2.05) is 0 Å². The first-order valence-corrected chi connectivity index (χ1v) is 5.99. The van der Waals surface area contributed by atoms with Gasteiger partial charge in [0.25, 0.3) is 5.91 Å². The fraction of sp³-hybridized carbons (Fsp3) is 0.455. The first-order chi connectivity index (χ1) is 7.90. The summed E-state index contributed by atoms with van der Waals surface area (Å²) in [6, 6.07) is 0. The maximum absolute atomic E-state index is 11.9. The fourth-order valence-corrected chi connectivity index (χ4v) is 2.38. The molecule has 0 bridgehead atoms. The molecular formula is C11H16N2O3S. The molecule has 0 aliphatic carbocycles. The van der Waals surface area contributed by atoms with Gasteiger partial charge < -0.3 is 15.4 Å². The molecule has 0 spiro atoms. The smallest absolute Gasteiger partial charge is 0.348 e. The molecule has 17 heavy (non-hydrogen) atoms. The van der Waals surface area contributed by atoms with Crippen molar-refractivity contribution < 1.29 is 14.3 Å². The van der Waals surface area contributed by atoms with E-state index < -0.39 is 5.97 Å². The highest BCUT2D eigenvalue weighted by Gasteiger charge is 2.24. The van der Waals surface area contributed by atoms with Gasteiger partial charge in [0.2, 0.25) is 0 Å². The van der Waals surface area contributed by atoms with Crippen molar-refractivity contribution in [2.45, 2.75) is 13.8 Å². The van der Waals surface area contributed by atoms with E-state index in [4.69, 9.17) is 10.5 Å². The molecule has 0 saturated heterocycles. The predicted molar refractivity (Wildman–Crippen MR) is 67.4 cm³/mol. The fourth-order valence-electron chi connectivity index (χ4n) is 1.42. The maximum Gasteiger partial charge on any atom is 0.348 e. The second-order valence-corrected chi connectivity index (χ2v) is 4.77. The zero-order valence-corrected chi connectivity index (χ0v) is 11.2. The van der Waals surface area contributed by atoms with Crippen molar-refractivity contribution in [3.05, 3.63) is 16.0 Å². The number of hydrogen-bond acceptors (Lipinski definition) is 5. The molecule has 6 heteroatoms. The normalized spacial score (nSPS) is 10.1. The average Bonchev–Trinajstić information content (AvgIpc) is 2.53. The molecule has 0 atom stereocenters. The zero-order chi connectivity index (χ0) is 13.2. The van der Waals surface area contributed by atoms with Gasteiger partial charge in [0.05, 0.1) is 17.2 Å². The van der Waals surface area contributed by atoms with Crippen molar-refractivity contribution in [2.24, 2.45) is 0 Å². The number of carbonyl (C=O) groups excluding carboxylic acids is 2. The molecule has 1 rings (SSSR count). The van der Waals surface area contributed by atoms with Crippen LogP contribution in [0.4, 0.5) is 5.00 Å². The summed E-state index contributed by atoms with van der Waals surface area (Å²) in [5, 5.41) is 0.351. The quantitative estimate of drug-likeness (QED) is 0.832. The Morgan fingerprint density at radius 3 is 2.47 bits per heavy atom. The van der Waals surface area contributed by atoms with E-state index in [-0.39, 0.29) is 5.91 Å². The van der Waals surface area contributed by atoms with Crippen LogP contribution >= 0.6 is 11.3 Å². The van der Waals surface area contributed by atoms with Crippen molar-refractivity contribution in [3.8, 4) is 0 Å². The molecule has 0 aliphatic rings. The first-order valence-electron chi connectivity index (χ1n) is 5.17. The van der Waals surface area contributed by atoms with Crippen molar-refractivity contribution in [3.63, 3.8) is 0 Å². The lowest BCUT2D eigenvalue weighted by molar-refractivity contribution is 0.0531. The maximum atomic E-state index is 11.9. The number of nitrogen functional groups attached to an aromatic ring is 1. The summed E-state index contributed by atoms with van der Waals surface area (Å²) in [5.41, 5.74) is 6.76. The van der Waals surface area contributed by atoms with E-state index in [2.05, 4.69) is 0 Å². The standard InChI is InChI=1S/C11H16N2O3S/c1-5-16-11(15)8-6(2)7(9(12)17-8)10(14)13(3)4/h5,12H2,1-4H3. The summed E-state index contributed by atoms with van der Waals surface area (Å²) in [6.45, 7) is 3.74. The SMILES string of the molecule is CCOC(=O)c1sc(N)c(C(=O)N(C)C)c1C. The highest BCUT2D eigenvalue weighted by molar-refractivity contribution is 7.18. The number of amides is 1. The van der Waals surface area contributed by atoms with Crippen LogP contribution in [0.25, 0.3) is 0 Å². The first kappa shape index (κ1) is 13.5. The highest BCUT2D eigenvalue weighted by atomic mass is 32.1. The van der Waals surface area contributed by atoms with Crippen LogP contribution in [0.15, 0.2) is 0 Å². The number of rotatable bonds is 3. The van der Waals surface area contributed by atoms with Gasteiger partial charge in [-0.15, -0.1) is 11.3 Å². The van der Waals surface area contributed by atoms with Gasteiger partial charge in [-0.3, -0.25) is 4.79 Å². The van der Waals surface area contributed by atoms with Crippen molar-refractivity contribution >= 4 is 28.2 Å². The van der Waals surface area contributed by atoms with E-state index in [0.717, 1.165) is 11.3 Å². The third-order valence-corrected chi connectivity index (χ3v) is 3.36. The molecule has 0 saturated carbocycles. The van der Waals surface area contributed by atoms with Crippen LogP contribution in [-0.2, 0) is 4.74 Å². The third kappa shape index (κ3) is 2.58. The number of thiophene rings is 1. The Hall–Kier alpha value is -1.56. The molecule has 0 aromatic carbocycles. The largest absolute Gasteiger partial charge is 0.462 e. The Morgan fingerprint density at radius 1 is 1.41 bits per heavy atom. The molecule has 1 heterocycles. The number of nitrogens with two attached hydrogens (primary N) is 1. The van der Waals surface area contributed by atoms with Crippen LogP contribution in [0.3, 0.4) is 0 Å². The van der Waals surface area contributed by atoms with Gasteiger partial charge in [-0.05, 0) is 19.4 Å². The monoisotopic (exact) mass is 256 g/mol. The molecule has 94 valence electrons. The van der Waals surface area contributed by atoms with Crippen LogP contribution in [0, 0.1) is 6.92 Å². The minimum Gasteiger partial charge on any atom is -0.462 e. The summed E-state index contributed by atoms with van der Waals surface area (Å²) in [7, 11) is 3.28. The summed E-state index contributed by atoms with van der Waals surface area (Å²) in [5.74, 6) is -0.633. The van der Waals surface area contributed by atoms with Gasteiger partial charge in [-0.25, -0.2) is 4.79 Å². The summed E-state index contributed by atoms with van der Waals surface area (Å²) in [6.07, 6.45) is 0. The summed E-state index contributed by atoms with van der Waals surface area (Å²) < 4.78 is 4.91. The Bertz CT molecular complexity index is 452. The van der Waals surface area contributed by atoms with Crippen LogP contribution in [-0.4, -0.2) is 37.5 Å². The number of carbonyl (C=O) groups is 2. The molecule has 0 unspecified atom stereocenters. The van der Waals surface area contributed by atoms with Crippen LogP contribution in [0.1, 0.15) is 32.5 Å². The molecule has 1 aromatic rings. The summed E-state index contributed by atoms with van der Waals surface area (Å²) >= 11 is 1.09. The lowest BCUT2D eigenvalue weighted by Gasteiger charge is -2.10. The number of hydrogen-bond donors (Lipinski definition) is 1. The van der Waals surface area contributed by atoms with E-state index in [0.29, 0.717) is 27.6 Å². The number of esters is 1. The van der Waals surface area contributed by atoms with E-state index in [1.165, 1.54) is 4.90 Å². The topological polar surface area (TPSA) is 72.6 Å². The van der Waals surface area contributed by atoms with Crippen molar-refractivity contribution in [2.75, 3.05) is 26.4 Å². The molecule has 1 aromatic heterocycles. The second-order valence-electron chi connectivity index (χ2n) is 3.72. The van der Waals surface area contributed by atoms with Crippen LogP contribution < -0.4 is 5.73 Å². The Balaban J connectivity index is 3.19. The number of anilines is 1. The minimum atomic E-state index is -0.431. The molecule has 2 N–H and O–H groups in total. The van der Waals surface area contributed by atoms with Crippen molar-refractivity contribution in [1.82, 2.24) is 4.90 Å². The predicted octanol–water partition coefficient (Wildman–Crippen LogP) is 1.52. The van der Waals surface area contributed by atoms with Gasteiger partial charge in [0.15, 0.2) is 0 Å². The van der Waals surface area contributed by atoms with E-state index in [9.17, 15) is 9.59 Å². The van der Waals surface area contributed by atoms with Gasteiger partial charge in [-0.1, -0.05) is 0 Å². The number of nitrogens with zero attached hydrogens (tertiary/aromatic N) is 1. The molecule has 0 aliphatic heterocycles. The van der Waals surface area contributed by atoms with Gasteiger partial charge in [0, 0.05) is 14.1 Å². The van der Waals surface area contributed by atoms with E-state index in [1.54, 1.807) is 27.9 Å². The van der Waals surface area contributed by atoms with E-state index >= 15 is 0 Å². The van der Waals surface area contributed by atoms with Gasteiger partial charge in [0.1, 0.15) is 4.88 Å². The van der Waals surface area contributed by atoms with Gasteiger partial charge in [-0.2, -0.15) is 0 Å². The minimum absolute atomic E-state index is 0.202. The highest BCUT2D eigenvalue weighted by Crippen LogP contribution is 2.31.